The van der Waals surface area contributed by atoms with E-state index in [0.717, 1.165) is 17.8 Å². The van der Waals surface area contributed by atoms with Crippen LogP contribution in [0.5, 0.6) is 0 Å². The SMILES string of the molecule is COCC(=O)N1CCc2[nH]cnc2C12CCN(C(=O)[C@@H](C)Cn1cncn1)CC2. The van der Waals surface area contributed by atoms with Crippen LogP contribution in [-0.2, 0) is 32.8 Å². The Morgan fingerprint density at radius 1 is 1.31 bits per heavy atom. The van der Waals surface area contributed by atoms with Crippen LogP contribution in [0.25, 0.3) is 0 Å². The molecule has 4 heterocycles. The van der Waals surface area contributed by atoms with E-state index in [4.69, 9.17) is 4.74 Å². The molecule has 0 radical (unpaired) electrons. The van der Waals surface area contributed by atoms with Gasteiger partial charge in [0.05, 0.1) is 30.0 Å². The molecule has 0 unspecified atom stereocenters. The maximum Gasteiger partial charge on any atom is 0.249 e. The fourth-order valence-corrected chi connectivity index (χ4v) is 4.64. The Balaban J connectivity index is 1.49. The molecule has 1 atom stereocenters. The topological polar surface area (TPSA) is 109 Å². The van der Waals surface area contributed by atoms with E-state index >= 15 is 0 Å². The summed E-state index contributed by atoms with van der Waals surface area (Å²) < 4.78 is 6.78. The number of rotatable bonds is 5. The Morgan fingerprint density at radius 2 is 2.10 bits per heavy atom. The van der Waals surface area contributed by atoms with Crippen LogP contribution in [0.1, 0.15) is 31.2 Å². The second-order valence-electron chi connectivity index (χ2n) is 7.83. The molecule has 2 amide bonds. The van der Waals surface area contributed by atoms with Gasteiger partial charge < -0.3 is 19.5 Å². The molecule has 0 aliphatic carbocycles. The van der Waals surface area contributed by atoms with Crippen molar-refractivity contribution in [2.45, 2.75) is 38.3 Å². The predicted molar refractivity (Wildman–Crippen MR) is 103 cm³/mol. The van der Waals surface area contributed by atoms with Gasteiger partial charge in [0.2, 0.25) is 11.8 Å². The molecule has 0 saturated carbocycles. The quantitative estimate of drug-likeness (QED) is 0.766. The maximum absolute atomic E-state index is 13.0. The van der Waals surface area contributed by atoms with Crippen LogP contribution in [-0.4, -0.2) is 79.7 Å². The highest BCUT2D eigenvalue weighted by molar-refractivity contribution is 5.80. The number of nitrogens with one attached hydrogen (secondary N) is 1. The van der Waals surface area contributed by atoms with Crippen molar-refractivity contribution >= 4 is 11.8 Å². The third kappa shape index (κ3) is 3.52. The van der Waals surface area contributed by atoms with Crippen LogP contribution < -0.4 is 0 Å². The van der Waals surface area contributed by atoms with Gasteiger partial charge >= 0.3 is 0 Å². The molecule has 1 fully saturated rings. The molecule has 1 saturated heterocycles. The number of aromatic amines is 1. The van der Waals surface area contributed by atoms with Gasteiger partial charge in [-0.2, -0.15) is 5.10 Å². The Morgan fingerprint density at radius 3 is 2.79 bits per heavy atom. The molecule has 156 valence electrons. The van der Waals surface area contributed by atoms with Gasteiger partial charge in [0.25, 0.3) is 0 Å². The number of H-pyrrole nitrogens is 1. The lowest BCUT2D eigenvalue weighted by Gasteiger charge is -2.50. The van der Waals surface area contributed by atoms with E-state index < -0.39 is 5.54 Å². The zero-order valence-electron chi connectivity index (χ0n) is 16.9. The zero-order chi connectivity index (χ0) is 20.4. The summed E-state index contributed by atoms with van der Waals surface area (Å²) in [5.74, 6) is -0.118. The molecule has 2 aliphatic heterocycles. The Kier molecular flexibility index (Phi) is 5.35. The fraction of sp³-hybridized carbons (Fsp3) is 0.632. The van der Waals surface area contributed by atoms with Crippen LogP contribution in [0, 0.1) is 5.92 Å². The fourth-order valence-electron chi connectivity index (χ4n) is 4.64. The second kappa shape index (κ2) is 7.94. The minimum atomic E-state index is -0.477. The number of hydrogen-bond donors (Lipinski definition) is 1. The van der Waals surface area contributed by atoms with Crippen LogP contribution in [0.4, 0.5) is 0 Å². The van der Waals surface area contributed by atoms with E-state index in [9.17, 15) is 9.59 Å². The monoisotopic (exact) mass is 401 g/mol. The smallest absolute Gasteiger partial charge is 0.249 e. The molecule has 2 aliphatic rings. The lowest BCUT2D eigenvalue weighted by Crippen LogP contribution is -2.59. The van der Waals surface area contributed by atoms with Crippen LogP contribution in [0.15, 0.2) is 19.0 Å². The number of likely N-dealkylation sites (tertiary alicyclic amines) is 1. The second-order valence-corrected chi connectivity index (χ2v) is 7.83. The van der Waals surface area contributed by atoms with Crippen molar-refractivity contribution < 1.29 is 14.3 Å². The van der Waals surface area contributed by atoms with Gasteiger partial charge in [0.1, 0.15) is 19.3 Å². The predicted octanol–water partition coefficient (Wildman–Crippen LogP) is 0.186. The first-order valence-corrected chi connectivity index (χ1v) is 9.98. The maximum atomic E-state index is 13.0. The van der Waals surface area contributed by atoms with Crippen molar-refractivity contribution in [1.82, 2.24) is 34.5 Å². The molecule has 4 rings (SSSR count). The van der Waals surface area contributed by atoms with Gasteiger partial charge in [0, 0.05) is 38.9 Å². The van der Waals surface area contributed by atoms with Crippen molar-refractivity contribution in [2.24, 2.45) is 5.92 Å². The minimum absolute atomic E-state index is 0.0273. The standard InChI is InChI=1S/C19H27N7O3/c1-14(9-25-13-20-11-23-25)18(28)24-7-4-19(5-8-24)17-15(21-12-22-17)3-6-26(19)16(27)10-29-2/h11-14H,3-10H2,1-2H3,(H,21,22)/t14-/m0/s1. The van der Waals surface area contributed by atoms with E-state index in [2.05, 4.69) is 20.1 Å². The zero-order valence-corrected chi connectivity index (χ0v) is 16.9. The Hall–Kier alpha value is -2.75. The first kappa shape index (κ1) is 19.6. The average Bonchev–Trinajstić information content (AvgIpc) is 3.41. The van der Waals surface area contributed by atoms with Gasteiger partial charge in [-0.1, -0.05) is 6.92 Å². The number of piperidine rings is 1. The summed E-state index contributed by atoms with van der Waals surface area (Å²) in [6, 6.07) is 0. The van der Waals surface area contributed by atoms with Crippen molar-refractivity contribution in [3.8, 4) is 0 Å². The highest BCUT2D eigenvalue weighted by Crippen LogP contribution is 2.42. The van der Waals surface area contributed by atoms with E-state index in [1.165, 1.54) is 13.4 Å². The van der Waals surface area contributed by atoms with E-state index in [1.807, 2.05) is 16.7 Å². The summed E-state index contributed by atoms with van der Waals surface area (Å²) in [4.78, 5) is 41.3. The summed E-state index contributed by atoms with van der Waals surface area (Å²) in [6.45, 7) is 4.28. The number of hydrogen-bond acceptors (Lipinski definition) is 6. The number of carbonyl (C=O) groups excluding carboxylic acids is 2. The highest BCUT2D eigenvalue weighted by atomic mass is 16.5. The number of amides is 2. The lowest BCUT2D eigenvalue weighted by molar-refractivity contribution is -0.148. The van der Waals surface area contributed by atoms with Gasteiger partial charge in [-0.05, 0) is 12.8 Å². The highest BCUT2D eigenvalue weighted by Gasteiger charge is 2.49. The van der Waals surface area contributed by atoms with E-state index in [0.29, 0.717) is 39.0 Å². The third-order valence-electron chi connectivity index (χ3n) is 6.08. The summed E-state index contributed by atoms with van der Waals surface area (Å²) >= 11 is 0. The van der Waals surface area contributed by atoms with Crippen molar-refractivity contribution in [3.05, 3.63) is 30.4 Å². The van der Waals surface area contributed by atoms with Crippen molar-refractivity contribution in [3.63, 3.8) is 0 Å². The van der Waals surface area contributed by atoms with Crippen LogP contribution in [0.2, 0.25) is 0 Å². The van der Waals surface area contributed by atoms with Crippen LogP contribution >= 0.6 is 0 Å². The van der Waals surface area contributed by atoms with Gasteiger partial charge in [-0.3, -0.25) is 14.3 Å². The summed E-state index contributed by atoms with van der Waals surface area (Å²) in [7, 11) is 1.53. The van der Waals surface area contributed by atoms with E-state index in [1.54, 1.807) is 17.3 Å². The molecule has 0 aromatic carbocycles. The molecule has 29 heavy (non-hydrogen) atoms. The van der Waals surface area contributed by atoms with Crippen LogP contribution in [0.3, 0.4) is 0 Å². The molecule has 10 nitrogen and oxygen atoms in total. The van der Waals surface area contributed by atoms with Gasteiger partial charge in [-0.25, -0.2) is 9.97 Å². The molecular weight excluding hydrogens is 374 g/mol. The number of carbonyl (C=O) groups is 2. The summed E-state index contributed by atoms with van der Waals surface area (Å²) in [6.07, 6.45) is 6.89. The Bertz CT molecular complexity index is 855. The molecule has 1 N–H and O–H groups in total. The number of aromatic nitrogens is 5. The van der Waals surface area contributed by atoms with Gasteiger partial charge in [0.15, 0.2) is 0 Å². The number of imidazole rings is 1. The minimum Gasteiger partial charge on any atom is -0.375 e. The lowest BCUT2D eigenvalue weighted by atomic mass is 9.78. The summed E-state index contributed by atoms with van der Waals surface area (Å²) in [5.41, 5.74) is 1.55. The van der Waals surface area contributed by atoms with Gasteiger partial charge in [-0.15, -0.1) is 0 Å². The van der Waals surface area contributed by atoms with E-state index in [-0.39, 0.29) is 24.3 Å². The summed E-state index contributed by atoms with van der Waals surface area (Å²) in [5, 5.41) is 4.09. The number of fused-ring (bicyclic) bond motifs is 2. The third-order valence-corrected chi connectivity index (χ3v) is 6.08. The molecule has 2 aromatic rings. The number of nitrogens with zero attached hydrogens (tertiary/aromatic N) is 6. The Labute approximate surface area is 169 Å². The molecule has 2 aromatic heterocycles. The number of ether oxygens (including phenoxy) is 1. The first-order chi connectivity index (χ1) is 14.0. The van der Waals surface area contributed by atoms with Crippen molar-refractivity contribution in [2.75, 3.05) is 33.4 Å². The molecule has 10 heteroatoms. The first-order valence-electron chi connectivity index (χ1n) is 9.98. The molecular formula is C19H27N7O3. The molecule has 1 spiro atoms. The normalized spacial score (nSPS) is 19.2. The largest absolute Gasteiger partial charge is 0.375 e. The average molecular weight is 401 g/mol. The van der Waals surface area contributed by atoms with Crippen molar-refractivity contribution in [1.29, 1.82) is 0 Å². The number of methoxy groups -OCH3 is 1. The molecule has 0 bridgehead atoms.